The van der Waals surface area contributed by atoms with Crippen LogP contribution in [0, 0.1) is 11.8 Å². The Kier molecular flexibility index (Phi) is 4.72. The molecule has 0 spiro atoms. The molecule has 1 aliphatic heterocycles. The van der Waals surface area contributed by atoms with Crippen LogP contribution in [0.3, 0.4) is 0 Å². The van der Waals surface area contributed by atoms with Crippen molar-refractivity contribution in [1.29, 1.82) is 0 Å². The standard InChI is InChI=1S/C18H21ClN4O3/c1-22-17(20-11-21-22)10-25-18(24)23-8-12-6-16(7-13(12)9-23)26-15-4-2-14(19)3-5-15/h2-5,11-13,16H,6-10H2,1H3/t12-,13+,16-. The number of amides is 1. The maximum atomic E-state index is 12.3. The molecule has 26 heavy (non-hydrogen) atoms. The molecule has 3 atom stereocenters. The summed E-state index contributed by atoms with van der Waals surface area (Å²) in [6, 6.07) is 7.46. The molecular weight excluding hydrogens is 356 g/mol. The zero-order chi connectivity index (χ0) is 18.1. The summed E-state index contributed by atoms with van der Waals surface area (Å²) in [6.07, 6.45) is 3.28. The molecule has 1 aromatic heterocycles. The third-order valence-corrected chi connectivity index (χ3v) is 5.46. The largest absolute Gasteiger partial charge is 0.490 e. The minimum Gasteiger partial charge on any atom is -0.490 e. The van der Waals surface area contributed by atoms with E-state index in [0.717, 1.165) is 31.7 Å². The van der Waals surface area contributed by atoms with Crippen LogP contribution in [0.5, 0.6) is 5.75 Å². The Hall–Kier alpha value is -2.28. The molecule has 0 radical (unpaired) electrons. The first-order valence-electron chi connectivity index (χ1n) is 8.75. The number of nitrogens with zero attached hydrogens (tertiary/aromatic N) is 4. The highest BCUT2D eigenvalue weighted by Crippen LogP contribution is 2.40. The van der Waals surface area contributed by atoms with Gasteiger partial charge in [0.2, 0.25) is 0 Å². The minimum atomic E-state index is -0.280. The summed E-state index contributed by atoms with van der Waals surface area (Å²) in [4.78, 5) is 18.1. The molecule has 2 aliphatic rings. The van der Waals surface area contributed by atoms with Crippen molar-refractivity contribution >= 4 is 17.7 Å². The van der Waals surface area contributed by atoms with E-state index in [9.17, 15) is 4.79 Å². The number of likely N-dealkylation sites (tertiary alicyclic amines) is 1. The summed E-state index contributed by atoms with van der Waals surface area (Å²) < 4.78 is 13.0. The van der Waals surface area contributed by atoms with E-state index in [1.165, 1.54) is 6.33 Å². The van der Waals surface area contributed by atoms with Gasteiger partial charge in [0, 0.05) is 25.2 Å². The number of carbonyl (C=O) groups excluding carboxylic acids is 1. The second kappa shape index (κ2) is 7.15. The first-order chi connectivity index (χ1) is 12.6. The van der Waals surface area contributed by atoms with Gasteiger partial charge in [-0.1, -0.05) is 11.6 Å². The fourth-order valence-electron chi connectivity index (χ4n) is 3.86. The lowest BCUT2D eigenvalue weighted by atomic mass is 10.0. The summed E-state index contributed by atoms with van der Waals surface area (Å²) in [5.74, 6) is 2.41. The van der Waals surface area contributed by atoms with Crippen LogP contribution in [-0.4, -0.2) is 45.0 Å². The fourth-order valence-corrected chi connectivity index (χ4v) is 3.99. The molecule has 8 heteroatoms. The van der Waals surface area contributed by atoms with Crippen LogP contribution < -0.4 is 4.74 Å². The molecule has 0 unspecified atom stereocenters. The number of hydrogen-bond donors (Lipinski definition) is 0. The van der Waals surface area contributed by atoms with Crippen molar-refractivity contribution in [3.05, 3.63) is 41.4 Å². The summed E-state index contributed by atoms with van der Waals surface area (Å²) in [5, 5.41) is 4.67. The summed E-state index contributed by atoms with van der Waals surface area (Å²) in [6.45, 7) is 1.59. The Morgan fingerprint density at radius 2 is 1.92 bits per heavy atom. The number of aromatic nitrogens is 3. The second-order valence-corrected chi connectivity index (χ2v) is 7.38. The Morgan fingerprint density at radius 3 is 2.54 bits per heavy atom. The van der Waals surface area contributed by atoms with Crippen LogP contribution in [-0.2, 0) is 18.4 Å². The maximum Gasteiger partial charge on any atom is 0.410 e. The topological polar surface area (TPSA) is 69.5 Å². The van der Waals surface area contributed by atoms with Crippen molar-refractivity contribution in [2.24, 2.45) is 18.9 Å². The summed E-state index contributed by atoms with van der Waals surface area (Å²) >= 11 is 5.91. The summed E-state index contributed by atoms with van der Waals surface area (Å²) in [5.41, 5.74) is 0. The molecule has 0 N–H and O–H groups in total. The fraction of sp³-hybridized carbons (Fsp3) is 0.500. The van der Waals surface area contributed by atoms with E-state index in [1.54, 1.807) is 16.6 Å². The zero-order valence-electron chi connectivity index (χ0n) is 14.5. The molecule has 1 amide bonds. The van der Waals surface area contributed by atoms with Gasteiger partial charge in [0.1, 0.15) is 12.1 Å². The SMILES string of the molecule is Cn1ncnc1COC(=O)N1C[C@H]2C[C@@H](Oc3ccc(Cl)cc3)C[C@H]2C1. The second-order valence-electron chi connectivity index (χ2n) is 6.94. The Labute approximate surface area is 156 Å². The number of aryl methyl sites for hydroxylation is 1. The molecule has 2 aromatic rings. The van der Waals surface area contributed by atoms with Crippen LogP contribution in [0.4, 0.5) is 4.79 Å². The van der Waals surface area contributed by atoms with Gasteiger partial charge in [0.25, 0.3) is 0 Å². The Bertz CT molecular complexity index is 765. The van der Waals surface area contributed by atoms with Crippen molar-refractivity contribution in [3.63, 3.8) is 0 Å². The molecule has 4 rings (SSSR count). The highest BCUT2D eigenvalue weighted by atomic mass is 35.5. The lowest BCUT2D eigenvalue weighted by Crippen LogP contribution is -2.31. The normalized spacial score (nSPS) is 24.5. The van der Waals surface area contributed by atoms with E-state index in [4.69, 9.17) is 21.1 Å². The Balaban J connectivity index is 1.26. The third-order valence-electron chi connectivity index (χ3n) is 5.21. The van der Waals surface area contributed by atoms with Crippen LogP contribution in [0.2, 0.25) is 5.02 Å². The number of halogens is 1. The first-order valence-corrected chi connectivity index (χ1v) is 9.13. The smallest absolute Gasteiger partial charge is 0.410 e. The monoisotopic (exact) mass is 376 g/mol. The average molecular weight is 377 g/mol. The van der Waals surface area contributed by atoms with Gasteiger partial charge in [-0.25, -0.2) is 9.78 Å². The molecule has 7 nitrogen and oxygen atoms in total. The van der Waals surface area contributed by atoms with E-state index in [-0.39, 0.29) is 18.8 Å². The van der Waals surface area contributed by atoms with Gasteiger partial charge in [0.15, 0.2) is 12.4 Å². The van der Waals surface area contributed by atoms with Gasteiger partial charge in [-0.05, 0) is 48.9 Å². The van der Waals surface area contributed by atoms with Crippen LogP contribution in [0.25, 0.3) is 0 Å². The van der Waals surface area contributed by atoms with Crippen molar-refractivity contribution < 1.29 is 14.3 Å². The van der Waals surface area contributed by atoms with E-state index in [1.807, 2.05) is 24.3 Å². The van der Waals surface area contributed by atoms with Gasteiger partial charge < -0.3 is 14.4 Å². The van der Waals surface area contributed by atoms with Crippen molar-refractivity contribution in [3.8, 4) is 5.75 Å². The van der Waals surface area contributed by atoms with Crippen LogP contribution in [0.1, 0.15) is 18.7 Å². The number of ether oxygens (including phenoxy) is 2. The predicted molar refractivity (Wildman–Crippen MR) is 94.8 cm³/mol. The Morgan fingerprint density at radius 1 is 1.23 bits per heavy atom. The lowest BCUT2D eigenvalue weighted by Gasteiger charge is -2.19. The zero-order valence-corrected chi connectivity index (χ0v) is 15.3. The maximum absolute atomic E-state index is 12.3. The molecule has 1 aliphatic carbocycles. The quantitative estimate of drug-likeness (QED) is 0.820. The van der Waals surface area contributed by atoms with Gasteiger partial charge in [-0.3, -0.25) is 4.68 Å². The number of benzene rings is 1. The van der Waals surface area contributed by atoms with Gasteiger partial charge in [0.05, 0.1) is 6.10 Å². The molecule has 1 saturated heterocycles. The number of hydrogen-bond acceptors (Lipinski definition) is 5. The average Bonchev–Trinajstić information content (AvgIpc) is 3.29. The number of rotatable bonds is 4. The van der Waals surface area contributed by atoms with Gasteiger partial charge >= 0.3 is 6.09 Å². The number of fused-ring (bicyclic) bond motifs is 1. The molecule has 138 valence electrons. The highest BCUT2D eigenvalue weighted by Gasteiger charge is 2.43. The van der Waals surface area contributed by atoms with Crippen LogP contribution in [0.15, 0.2) is 30.6 Å². The van der Waals surface area contributed by atoms with Crippen molar-refractivity contribution in [1.82, 2.24) is 19.7 Å². The van der Waals surface area contributed by atoms with E-state index in [2.05, 4.69) is 10.1 Å². The molecule has 1 aromatic carbocycles. The van der Waals surface area contributed by atoms with Crippen LogP contribution >= 0.6 is 11.6 Å². The van der Waals surface area contributed by atoms with Crippen molar-refractivity contribution in [2.45, 2.75) is 25.6 Å². The minimum absolute atomic E-state index is 0.142. The van der Waals surface area contributed by atoms with E-state index < -0.39 is 0 Å². The van der Waals surface area contributed by atoms with E-state index >= 15 is 0 Å². The lowest BCUT2D eigenvalue weighted by molar-refractivity contribution is 0.0954. The van der Waals surface area contributed by atoms with Crippen molar-refractivity contribution in [2.75, 3.05) is 13.1 Å². The molecule has 1 saturated carbocycles. The highest BCUT2D eigenvalue weighted by molar-refractivity contribution is 6.30. The molecule has 0 bridgehead atoms. The summed E-state index contributed by atoms with van der Waals surface area (Å²) in [7, 11) is 1.78. The molecule has 2 heterocycles. The molecule has 2 fully saturated rings. The first kappa shape index (κ1) is 17.1. The third kappa shape index (κ3) is 3.62. The molecular formula is C18H21ClN4O3. The predicted octanol–water partition coefficient (Wildman–Crippen LogP) is 2.89. The number of carbonyl (C=O) groups is 1. The van der Waals surface area contributed by atoms with E-state index in [0.29, 0.717) is 22.7 Å². The van der Waals surface area contributed by atoms with Gasteiger partial charge in [-0.2, -0.15) is 5.10 Å². The van der Waals surface area contributed by atoms with Gasteiger partial charge in [-0.15, -0.1) is 0 Å².